The number of benzene rings is 1. The summed E-state index contributed by atoms with van der Waals surface area (Å²) in [6, 6.07) is 6.85. The molecule has 0 heterocycles. The molecule has 1 rings (SSSR count). The summed E-state index contributed by atoms with van der Waals surface area (Å²) in [6.45, 7) is 1.68. The summed E-state index contributed by atoms with van der Waals surface area (Å²) in [5.74, 6) is -1.04. The number of carboxylic acids is 1. The van der Waals surface area contributed by atoms with Gasteiger partial charge in [0, 0.05) is 24.7 Å². The maximum atomic E-state index is 12.0. The average Bonchev–Trinajstić information content (AvgIpc) is 2.37. The van der Waals surface area contributed by atoms with Crippen LogP contribution in [0.15, 0.2) is 24.3 Å². The highest BCUT2D eigenvalue weighted by atomic mass is 35.5. The van der Waals surface area contributed by atoms with E-state index < -0.39 is 16.2 Å². The summed E-state index contributed by atoms with van der Waals surface area (Å²) in [4.78, 5) is 10.5. The Morgan fingerprint density at radius 1 is 1.38 bits per heavy atom. The molecule has 118 valence electrons. The molecule has 1 atom stereocenters. The van der Waals surface area contributed by atoms with Gasteiger partial charge in [-0.1, -0.05) is 23.7 Å². The lowest BCUT2D eigenvalue weighted by Gasteiger charge is -2.20. The molecule has 0 aromatic heterocycles. The second kappa shape index (κ2) is 7.74. The Balaban J connectivity index is 2.57. The maximum absolute atomic E-state index is 12.0. The van der Waals surface area contributed by atoms with Gasteiger partial charge in [0.05, 0.1) is 6.42 Å². The predicted octanol–water partition coefficient (Wildman–Crippen LogP) is 1.51. The van der Waals surface area contributed by atoms with Crippen molar-refractivity contribution in [1.29, 1.82) is 0 Å². The van der Waals surface area contributed by atoms with E-state index in [1.807, 2.05) is 12.1 Å². The summed E-state index contributed by atoms with van der Waals surface area (Å²) < 4.78 is 27.5. The Hall–Kier alpha value is -1.15. The monoisotopic (exact) mass is 334 g/mol. The summed E-state index contributed by atoms with van der Waals surface area (Å²) in [5.41, 5.74) is 0.961. The summed E-state index contributed by atoms with van der Waals surface area (Å²) in [6.07, 6.45) is 0.284. The average molecular weight is 335 g/mol. The Kier molecular flexibility index (Phi) is 6.60. The second-order valence-electron chi connectivity index (χ2n) is 4.82. The largest absolute Gasteiger partial charge is 0.481 e. The zero-order chi connectivity index (χ0) is 16.0. The fourth-order valence-corrected chi connectivity index (χ4v) is 2.96. The molecule has 0 bridgehead atoms. The van der Waals surface area contributed by atoms with Gasteiger partial charge >= 0.3 is 5.97 Å². The highest BCUT2D eigenvalue weighted by Gasteiger charge is 2.20. The van der Waals surface area contributed by atoms with E-state index >= 15 is 0 Å². The lowest BCUT2D eigenvalue weighted by atomic mass is 10.1. The lowest BCUT2D eigenvalue weighted by molar-refractivity contribution is -0.137. The molecule has 0 spiro atoms. The molecular weight excluding hydrogens is 316 g/mol. The zero-order valence-corrected chi connectivity index (χ0v) is 13.5. The van der Waals surface area contributed by atoms with Gasteiger partial charge in [-0.05, 0) is 31.0 Å². The van der Waals surface area contributed by atoms with E-state index in [0.29, 0.717) is 11.4 Å². The van der Waals surface area contributed by atoms with Crippen LogP contribution in [0.5, 0.6) is 0 Å². The van der Waals surface area contributed by atoms with Gasteiger partial charge in [0.25, 0.3) is 10.2 Å². The Morgan fingerprint density at radius 3 is 2.48 bits per heavy atom. The number of carboxylic acid groups (broad SMARTS) is 1. The molecule has 0 fully saturated rings. The number of rotatable bonds is 8. The first-order valence-corrected chi connectivity index (χ1v) is 8.22. The number of halogens is 1. The minimum atomic E-state index is -3.69. The van der Waals surface area contributed by atoms with Gasteiger partial charge in [-0.2, -0.15) is 17.4 Å². The highest BCUT2D eigenvalue weighted by molar-refractivity contribution is 7.87. The van der Waals surface area contributed by atoms with Gasteiger partial charge in [0.1, 0.15) is 0 Å². The van der Waals surface area contributed by atoms with Gasteiger partial charge in [-0.3, -0.25) is 4.79 Å². The van der Waals surface area contributed by atoms with Crippen molar-refractivity contribution in [2.24, 2.45) is 0 Å². The fraction of sp³-hybridized carbons (Fsp3) is 0.462. The van der Waals surface area contributed by atoms with Gasteiger partial charge in [-0.25, -0.2) is 0 Å². The molecule has 0 radical (unpaired) electrons. The summed E-state index contributed by atoms with van der Waals surface area (Å²) in [7, 11) is -2.34. The standard InChI is InChI=1S/C13H19ClN2O4S/c1-10(9-11-3-5-12(14)6-4-11)15-21(19,20)16(2)8-7-13(17)18/h3-6,10,15H,7-9H2,1-2H3,(H,17,18). The molecule has 1 aromatic rings. The van der Waals surface area contributed by atoms with Crippen molar-refractivity contribution in [2.45, 2.75) is 25.8 Å². The molecule has 0 saturated carbocycles. The van der Waals surface area contributed by atoms with Crippen molar-refractivity contribution < 1.29 is 18.3 Å². The van der Waals surface area contributed by atoms with Crippen LogP contribution >= 0.6 is 11.6 Å². The number of aliphatic carboxylic acids is 1. The van der Waals surface area contributed by atoms with E-state index in [-0.39, 0.29) is 19.0 Å². The molecule has 21 heavy (non-hydrogen) atoms. The summed E-state index contributed by atoms with van der Waals surface area (Å²) >= 11 is 5.79. The number of hydrogen-bond donors (Lipinski definition) is 2. The number of hydrogen-bond acceptors (Lipinski definition) is 3. The molecular formula is C13H19ClN2O4S. The third-order valence-electron chi connectivity index (χ3n) is 2.86. The molecule has 6 nitrogen and oxygen atoms in total. The van der Waals surface area contributed by atoms with E-state index in [1.54, 1.807) is 19.1 Å². The minimum absolute atomic E-state index is 0.0711. The van der Waals surface area contributed by atoms with Crippen LogP contribution in [0.4, 0.5) is 0 Å². The number of nitrogens with zero attached hydrogens (tertiary/aromatic N) is 1. The van der Waals surface area contributed by atoms with E-state index in [9.17, 15) is 13.2 Å². The van der Waals surface area contributed by atoms with Crippen molar-refractivity contribution in [2.75, 3.05) is 13.6 Å². The predicted molar refractivity (Wildman–Crippen MR) is 81.6 cm³/mol. The third kappa shape index (κ3) is 6.43. The van der Waals surface area contributed by atoms with Crippen LogP contribution in [0.25, 0.3) is 0 Å². The van der Waals surface area contributed by atoms with Gasteiger partial charge in [0.2, 0.25) is 0 Å². The molecule has 8 heteroatoms. The first-order valence-electron chi connectivity index (χ1n) is 6.40. The van der Waals surface area contributed by atoms with Crippen LogP contribution in [-0.2, 0) is 21.4 Å². The minimum Gasteiger partial charge on any atom is -0.481 e. The van der Waals surface area contributed by atoms with Crippen molar-refractivity contribution in [3.8, 4) is 0 Å². The molecule has 1 aromatic carbocycles. The third-order valence-corrected chi connectivity index (χ3v) is 4.81. The Labute approximate surface area is 129 Å². The lowest BCUT2D eigenvalue weighted by Crippen LogP contribution is -2.44. The van der Waals surface area contributed by atoms with E-state index in [0.717, 1.165) is 9.87 Å². The van der Waals surface area contributed by atoms with Gasteiger partial charge in [0.15, 0.2) is 0 Å². The Morgan fingerprint density at radius 2 is 1.95 bits per heavy atom. The van der Waals surface area contributed by atoms with Crippen LogP contribution in [-0.4, -0.2) is 43.4 Å². The van der Waals surface area contributed by atoms with E-state index in [4.69, 9.17) is 16.7 Å². The molecule has 2 N–H and O–H groups in total. The topological polar surface area (TPSA) is 86.7 Å². The van der Waals surface area contributed by atoms with Crippen LogP contribution in [0.3, 0.4) is 0 Å². The molecule has 0 aliphatic rings. The molecule has 0 amide bonds. The van der Waals surface area contributed by atoms with Gasteiger partial charge in [-0.15, -0.1) is 0 Å². The Bertz CT molecular complexity index is 574. The van der Waals surface area contributed by atoms with Crippen molar-refractivity contribution in [1.82, 2.24) is 9.03 Å². The normalized spacial score (nSPS) is 13.3. The van der Waals surface area contributed by atoms with Crippen LogP contribution in [0.2, 0.25) is 5.02 Å². The first kappa shape index (κ1) is 17.9. The zero-order valence-electron chi connectivity index (χ0n) is 11.9. The molecule has 0 aliphatic carbocycles. The van der Waals surface area contributed by atoms with Crippen LogP contribution < -0.4 is 4.72 Å². The quantitative estimate of drug-likeness (QED) is 0.754. The smallest absolute Gasteiger partial charge is 0.304 e. The van der Waals surface area contributed by atoms with Gasteiger partial charge < -0.3 is 5.11 Å². The van der Waals surface area contributed by atoms with E-state index in [2.05, 4.69) is 4.72 Å². The molecule has 0 aliphatic heterocycles. The van der Waals surface area contributed by atoms with Crippen molar-refractivity contribution >= 4 is 27.8 Å². The molecule has 1 unspecified atom stereocenters. The number of carbonyl (C=O) groups is 1. The van der Waals surface area contributed by atoms with Crippen molar-refractivity contribution in [3.63, 3.8) is 0 Å². The van der Waals surface area contributed by atoms with Crippen LogP contribution in [0, 0.1) is 0 Å². The maximum Gasteiger partial charge on any atom is 0.304 e. The van der Waals surface area contributed by atoms with Crippen LogP contribution in [0.1, 0.15) is 18.9 Å². The van der Waals surface area contributed by atoms with E-state index in [1.165, 1.54) is 7.05 Å². The summed E-state index contributed by atoms with van der Waals surface area (Å²) in [5, 5.41) is 9.20. The second-order valence-corrected chi connectivity index (χ2v) is 7.07. The SMILES string of the molecule is CC(Cc1ccc(Cl)cc1)NS(=O)(=O)N(C)CCC(=O)O. The molecule has 0 saturated heterocycles. The van der Waals surface area contributed by atoms with Crippen molar-refractivity contribution in [3.05, 3.63) is 34.9 Å². The highest BCUT2D eigenvalue weighted by Crippen LogP contribution is 2.11. The first-order chi connectivity index (χ1) is 9.70. The number of nitrogens with one attached hydrogen (secondary N) is 1. The fourth-order valence-electron chi connectivity index (χ4n) is 1.73.